The van der Waals surface area contributed by atoms with Gasteiger partial charge in [0.25, 0.3) is 0 Å². The molecule has 1 aromatic rings. The fourth-order valence-electron chi connectivity index (χ4n) is 3.79. The number of benzene rings is 1. The van der Waals surface area contributed by atoms with Gasteiger partial charge in [-0.2, -0.15) is 0 Å². The third-order valence-electron chi connectivity index (χ3n) is 5.30. The van der Waals surface area contributed by atoms with Crippen molar-refractivity contribution in [3.05, 3.63) is 35.1 Å². The number of amides is 1. The molecule has 2 N–H and O–H groups in total. The standard InChI is InChI=1S/C21H33FN4O/c1-5-23-20(24-13-10-17-8-9-18(22)14-16(17)2)25-15-21(11-6-7-12-21)19(27)26(3)4/h8-9,14H,5-7,10-13,15H2,1-4H3,(H2,23,24,25). The van der Waals surface area contributed by atoms with Gasteiger partial charge in [0, 0.05) is 27.2 Å². The molecule has 0 atom stereocenters. The van der Waals surface area contributed by atoms with E-state index in [4.69, 9.17) is 4.99 Å². The second kappa shape index (κ2) is 9.72. The molecule has 6 heteroatoms. The van der Waals surface area contributed by atoms with Gasteiger partial charge in [-0.05, 0) is 56.4 Å². The second-order valence-corrected chi connectivity index (χ2v) is 7.63. The monoisotopic (exact) mass is 376 g/mol. The third kappa shape index (κ3) is 5.68. The van der Waals surface area contributed by atoms with Crippen LogP contribution in [0, 0.1) is 18.2 Å². The zero-order chi connectivity index (χ0) is 19.9. The third-order valence-corrected chi connectivity index (χ3v) is 5.30. The Morgan fingerprint density at radius 3 is 2.56 bits per heavy atom. The predicted octanol–water partition coefficient (Wildman–Crippen LogP) is 2.88. The molecular formula is C21H33FN4O. The lowest BCUT2D eigenvalue weighted by molar-refractivity contribution is -0.138. The molecule has 0 aromatic heterocycles. The molecular weight excluding hydrogens is 343 g/mol. The molecule has 1 amide bonds. The quantitative estimate of drug-likeness (QED) is 0.568. The first-order valence-electron chi connectivity index (χ1n) is 9.87. The summed E-state index contributed by atoms with van der Waals surface area (Å²) in [6.07, 6.45) is 4.77. The number of carbonyl (C=O) groups is 1. The van der Waals surface area contributed by atoms with Crippen molar-refractivity contribution in [1.82, 2.24) is 15.5 Å². The highest BCUT2D eigenvalue weighted by Crippen LogP contribution is 2.39. The van der Waals surface area contributed by atoms with Gasteiger partial charge in [0.2, 0.25) is 5.91 Å². The lowest BCUT2D eigenvalue weighted by atomic mass is 9.85. The fraction of sp³-hybridized carbons (Fsp3) is 0.619. The maximum atomic E-state index is 13.2. The minimum absolute atomic E-state index is 0.182. The Balaban J connectivity index is 1.99. The Bertz CT molecular complexity index is 666. The fourth-order valence-corrected chi connectivity index (χ4v) is 3.79. The predicted molar refractivity (Wildman–Crippen MR) is 108 cm³/mol. The molecule has 1 aromatic carbocycles. The van der Waals surface area contributed by atoms with Gasteiger partial charge in [-0.25, -0.2) is 4.39 Å². The summed E-state index contributed by atoms with van der Waals surface area (Å²) in [6, 6.07) is 4.89. The Hall–Kier alpha value is -2.11. The van der Waals surface area contributed by atoms with Crippen molar-refractivity contribution in [2.75, 3.05) is 33.7 Å². The maximum Gasteiger partial charge on any atom is 0.230 e. The van der Waals surface area contributed by atoms with Crippen molar-refractivity contribution in [3.8, 4) is 0 Å². The first kappa shape index (κ1) is 21.2. The summed E-state index contributed by atoms with van der Waals surface area (Å²) >= 11 is 0. The summed E-state index contributed by atoms with van der Waals surface area (Å²) in [6.45, 7) is 5.92. The van der Waals surface area contributed by atoms with E-state index < -0.39 is 0 Å². The number of nitrogens with zero attached hydrogens (tertiary/aromatic N) is 2. The van der Waals surface area contributed by atoms with E-state index in [2.05, 4.69) is 10.6 Å². The SMILES string of the molecule is CCNC(=NCC1(C(=O)N(C)C)CCCC1)NCCc1ccc(F)cc1C. The van der Waals surface area contributed by atoms with E-state index >= 15 is 0 Å². The Morgan fingerprint density at radius 1 is 1.26 bits per heavy atom. The molecule has 150 valence electrons. The summed E-state index contributed by atoms with van der Waals surface area (Å²) < 4.78 is 13.2. The molecule has 5 nitrogen and oxygen atoms in total. The van der Waals surface area contributed by atoms with Crippen LogP contribution in [0.5, 0.6) is 0 Å². The number of aryl methyl sites for hydroxylation is 1. The van der Waals surface area contributed by atoms with Crippen LogP contribution >= 0.6 is 0 Å². The van der Waals surface area contributed by atoms with E-state index in [1.807, 2.05) is 34.0 Å². The lowest BCUT2D eigenvalue weighted by Gasteiger charge is -2.29. The highest BCUT2D eigenvalue weighted by molar-refractivity contribution is 5.84. The van der Waals surface area contributed by atoms with Crippen LogP contribution in [0.25, 0.3) is 0 Å². The van der Waals surface area contributed by atoms with Crippen molar-refractivity contribution in [2.45, 2.75) is 46.0 Å². The lowest BCUT2D eigenvalue weighted by Crippen LogP contribution is -2.43. The van der Waals surface area contributed by atoms with E-state index in [1.165, 1.54) is 6.07 Å². The van der Waals surface area contributed by atoms with Crippen molar-refractivity contribution < 1.29 is 9.18 Å². The molecule has 27 heavy (non-hydrogen) atoms. The van der Waals surface area contributed by atoms with E-state index in [1.54, 1.807) is 11.0 Å². The number of rotatable bonds is 7. The van der Waals surface area contributed by atoms with E-state index in [0.29, 0.717) is 13.1 Å². The number of hydrogen-bond acceptors (Lipinski definition) is 2. The number of aliphatic imine (C=N–C) groups is 1. The van der Waals surface area contributed by atoms with Crippen molar-refractivity contribution in [1.29, 1.82) is 0 Å². The van der Waals surface area contributed by atoms with Crippen LogP contribution in [0.1, 0.15) is 43.7 Å². The molecule has 0 aliphatic heterocycles. The zero-order valence-electron chi connectivity index (χ0n) is 17.1. The van der Waals surface area contributed by atoms with Crippen LogP contribution in [-0.2, 0) is 11.2 Å². The zero-order valence-corrected chi connectivity index (χ0v) is 17.1. The maximum absolute atomic E-state index is 13.2. The van der Waals surface area contributed by atoms with Crippen LogP contribution in [0.3, 0.4) is 0 Å². The average Bonchev–Trinajstić information content (AvgIpc) is 3.10. The molecule has 1 fully saturated rings. The molecule has 1 aliphatic carbocycles. The molecule has 0 radical (unpaired) electrons. The first-order valence-corrected chi connectivity index (χ1v) is 9.87. The molecule has 2 rings (SSSR count). The van der Waals surface area contributed by atoms with Gasteiger partial charge in [0.05, 0.1) is 12.0 Å². The van der Waals surface area contributed by atoms with E-state index in [0.717, 1.165) is 55.7 Å². The van der Waals surface area contributed by atoms with Gasteiger partial charge in [-0.3, -0.25) is 9.79 Å². The number of hydrogen-bond donors (Lipinski definition) is 2. The number of halogens is 1. The van der Waals surface area contributed by atoms with E-state index in [-0.39, 0.29) is 17.1 Å². The summed E-state index contributed by atoms with van der Waals surface area (Å²) in [5.41, 5.74) is 1.72. The summed E-state index contributed by atoms with van der Waals surface area (Å²) in [5.74, 6) is 0.711. The van der Waals surface area contributed by atoms with Crippen LogP contribution in [0.4, 0.5) is 4.39 Å². The van der Waals surface area contributed by atoms with Crippen LogP contribution in [-0.4, -0.2) is 50.5 Å². The number of carbonyl (C=O) groups excluding carboxylic acids is 1. The molecule has 0 saturated heterocycles. The van der Waals surface area contributed by atoms with Gasteiger partial charge >= 0.3 is 0 Å². The summed E-state index contributed by atoms with van der Waals surface area (Å²) in [4.78, 5) is 19.1. The van der Waals surface area contributed by atoms with Crippen molar-refractivity contribution in [2.24, 2.45) is 10.4 Å². The van der Waals surface area contributed by atoms with Crippen LogP contribution in [0.15, 0.2) is 23.2 Å². The Kier molecular flexibility index (Phi) is 7.63. The van der Waals surface area contributed by atoms with Crippen molar-refractivity contribution in [3.63, 3.8) is 0 Å². The highest BCUT2D eigenvalue weighted by Gasteiger charge is 2.42. The molecule has 0 spiro atoms. The first-order chi connectivity index (χ1) is 12.9. The minimum Gasteiger partial charge on any atom is -0.357 e. The second-order valence-electron chi connectivity index (χ2n) is 7.63. The van der Waals surface area contributed by atoms with Gasteiger partial charge in [-0.15, -0.1) is 0 Å². The topological polar surface area (TPSA) is 56.7 Å². The molecule has 0 bridgehead atoms. The summed E-state index contributed by atoms with van der Waals surface area (Å²) in [7, 11) is 3.64. The number of guanidine groups is 1. The van der Waals surface area contributed by atoms with Gasteiger partial charge < -0.3 is 15.5 Å². The van der Waals surface area contributed by atoms with Gasteiger partial charge in [-0.1, -0.05) is 18.9 Å². The molecule has 1 aliphatic rings. The van der Waals surface area contributed by atoms with Crippen LogP contribution < -0.4 is 10.6 Å². The summed E-state index contributed by atoms with van der Waals surface area (Å²) in [5, 5.41) is 6.60. The van der Waals surface area contributed by atoms with Crippen LogP contribution in [0.2, 0.25) is 0 Å². The number of nitrogens with one attached hydrogen (secondary N) is 2. The molecule has 0 heterocycles. The minimum atomic E-state index is -0.362. The van der Waals surface area contributed by atoms with Gasteiger partial charge in [0.1, 0.15) is 5.82 Å². The van der Waals surface area contributed by atoms with E-state index in [9.17, 15) is 9.18 Å². The van der Waals surface area contributed by atoms with Crippen molar-refractivity contribution >= 4 is 11.9 Å². The Morgan fingerprint density at radius 2 is 1.96 bits per heavy atom. The van der Waals surface area contributed by atoms with Gasteiger partial charge in [0.15, 0.2) is 5.96 Å². The normalized spacial score (nSPS) is 16.3. The Labute approximate surface area is 162 Å². The largest absolute Gasteiger partial charge is 0.357 e. The highest BCUT2D eigenvalue weighted by atomic mass is 19.1. The molecule has 0 unspecified atom stereocenters. The smallest absolute Gasteiger partial charge is 0.230 e. The molecule has 1 saturated carbocycles. The average molecular weight is 377 g/mol.